The van der Waals surface area contributed by atoms with Crippen molar-refractivity contribution >= 4 is 11.3 Å². The van der Waals surface area contributed by atoms with Gasteiger partial charge in [0.1, 0.15) is 23.2 Å². The first-order chi connectivity index (χ1) is 11.3. The Hall–Kier alpha value is -2.52. The first-order valence-electron chi connectivity index (χ1n) is 7.49. The van der Waals surface area contributed by atoms with Crippen molar-refractivity contribution in [1.82, 2.24) is 14.8 Å². The van der Waals surface area contributed by atoms with Crippen molar-refractivity contribution in [3.63, 3.8) is 0 Å². The Balaban J connectivity index is 1.87. The molecule has 4 nitrogen and oxygen atoms in total. The Morgan fingerprint density at radius 1 is 1.17 bits per heavy atom. The zero-order valence-electron chi connectivity index (χ0n) is 12.3. The zero-order chi connectivity index (χ0) is 15.8. The van der Waals surface area contributed by atoms with E-state index in [1.807, 2.05) is 0 Å². The summed E-state index contributed by atoms with van der Waals surface area (Å²) in [7, 11) is 0. The highest BCUT2D eigenvalue weighted by Gasteiger charge is 2.23. The SMILES string of the molecule is N#Cc1c(-n2ncnc2-c2ccc(F)cc2)sc2c1CCCC2. The van der Waals surface area contributed by atoms with Crippen LogP contribution in [-0.2, 0) is 12.8 Å². The molecule has 23 heavy (non-hydrogen) atoms. The number of hydrogen-bond donors (Lipinski definition) is 0. The summed E-state index contributed by atoms with van der Waals surface area (Å²) in [5.74, 6) is 0.337. The van der Waals surface area contributed by atoms with Gasteiger partial charge in [0.25, 0.3) is 0 Å². The maximum atomic E-state index is 13.1. The Morgan fingerprint density at radius 3 is 2.74 bits per heavy atom. The van der Waals surface area contributed by atoms with E-state index >= 15 is 0 Å². The normalized spacial score (nSPS) is 13.6. The van der Waals surface area contributed by atoms with Crippen molar-refractivity contribution in [2.75, 3.05) is 0 Å². The van der Waals surface area contributed by atoms with Gasteiger partial charge in [-0.2, -0.15) is 10.4 Å². The number of thiophene rings is 1. The number of nitriles is 1. The molecule has 0 aliphatic heterocycles. The molecule has 0 radical (unpaired) electrons. The highest BCUT2D eigenvalue weighted by atomic mass is 32.1. The van der Waals surface area contributed by atoms with E-state index in [2.05, 4.69) is 16.2 Å². The summed E-state index contributed by atoms with van der Waals surface area (Å²) in [6.45, 7) is 0. The standard InChI is InChI=1S/C17H13FN4S/c18-12-7-5-11(6-8-12)16-20-10-21-22(16)17-14(9-19)13-3-1-2-4-15(13)23-17/h5-8,10H,1-4H2. The number of hydrogen-bond acceptors (Lipinski definition) is 4. The van der Waals surface area contributed by atoms with Crippen molar-refractivity contribution in [3.05, 3.63) is 52.4 Å². The van der Waals surface area contributed by atoms with Crippen molar-refractivity contribution in [2.24, 2.45) is 0 Å². The summed E-state index contributed by atoms with van der Waals surface area (Å²) in [6, 6.07) is 8.50. The number of benzene rings is 1. The second-order valence-electron chi connectivity index (χ2n) is 5.51. The fraction of sp³-hybridized carbons (Fsp3) is 0.235. The van der Waals surface area contributed by atoms with E-state index in [-0.39, 0.29) is 5.82 Å². The maximum Gasteiger partial charge on any atom is 0.164 e. The molecule has 114 valence electrons. The summed E-state index contributed by atoms with van der Waals surface area (Å²) in [4.78, 5) is 5.58. The number of aromatic nitrogens is 3. The molecule has 0 bridgehead atoms. The van der Waals surface area contributed by atoms with Crippen LogP contribution in [-0.4, -0.2) is 14.8 Å². The third kappa shape index (κ3) is 2.34. The molecule has 3 aromatic rings. The molecular formula is C17H13FN4S. The molecule has 0 unspecified atom stereocenters. The van der Waals surface area contributed by atoms with Gasteiger partial charge in [-0.3, -0.25) is 0 Å². The van der Waals surface area contributed by atoms with Crippen LogP contribution in [0.5, 0.6) is 0 Å². The Labute approximate surface area is 136 Å². The van der Waals surface area contributed by atoms with E-state index < -0.39 is 0 Å². The number of rotatable bonds is 2. The van der Waals surface area contributed by atoms with E-state index in [1.165, 1.54) is 35.3 Å². The molecule has 1 aliphatic rings. The molecule has 0 spiro atoms. The fourth-order valence-electron chi connectivity index (χ4n) is 3.00. The zero-order valence-corrected chi connectivity index (χ0v) is 13.1. The summed E-state index contributed by atoms with van der Waals surface area (Å²) < 4.78 is 14.8. The lowest BCUT2D eigenvalue weighted by Gasteiger charge is -2.09. The Bertz CT molecular complexity index is 902. The van der Waals surface area contributed by atoms with Gasteiger partial charge in [-0.1, -0.05) is 0 Å². The predicted octanol–water partition coefficient (Wildman–Crippen LogP) is 3.89. The van der Waals surface area contributed by atoms with Crippen LogP contribution in [0.4, 0.5) is 4.39 Å². The molecule has 0 N–H and O–H groups in total. The molecule has 0 atom stereocenters. The molecular weight excluding hydrogens is 311 g/mol. The van der Waals surface area contributed by atoms with Crippen LogP contribution in [0, 0.1) is 17.1 Å². The minimum atomic E-state index is -0.288. The van der Waals surface area contributed by atoms with Gasteiger partial charge in [-0.15, -0.1) is 11.3 Å². The van der Waals surface area contributed by atoms with Gasteiger partial charge in [0, 0.05) is 10.4 Å². The molecule has 1 aliphatic carbocycles. The number of nitrogens with zero attached hydrogens (tertiary/aromatic N) is 4. The number of halogens is 1. The Morgan fingerprint density at radius 2 is 1.96 bits per heavy atom. The van der Waals surface area contributed by atoms with Crippen molar-refractivity contribution in [1.29, 1.82) is 5.26 Å². The number of fused-ring (bicyclic) bond motifs is 1. The van der Waals surface area contributed by atoms with E-state index in [4.69, 9.17) is 0 Å². The third-order valence-corrected chi connectivity index (χ3v) is 5.37. The highest BCUT2D eigenvalue weighted by molar-refractivity contribution is 7.15. The molecule has 6 heteroatoms. The molecule has 0 amide bonds. The molecule has 1 aromatic carbocycles. The molecule has 2 aromatic heterocycles. The van der Waals surface area contributed by atoms with Crippen molar-refractivity contribution < 1.29 is 4.39 Å². The second kappa shape index (κ2) is 5.60. The van der Waals surface area contributed by atoms with Crippen LogP contribution in [0.15, 0.2) is 30.6 Å². The van der Waals surface area contributed by atoms with Gasteiger partial charge >= 0.3 is 0 Å². The summed E-state index contributed by atoms with van der Waals surface area (Å²) >= 11 is 1.62. The quantitative estimate of drug-likeness (QED) is 0.718. The lowest BCUT2D eigenvalue weighted by molar-refractivity contribution is 0.628. The van der Waals surface area contributed by atoms with Gasteiger partial charge in [0.05, 0.1) is 5.56 Å². The average molecular weight is 324 g/mol. The monoisotopic (exact) mass is 324 g/mol. The molecule has 4 rings (SSSR count). The van der Waals surface area contributed by atoms with Gasteiger partial charge in [-0.25, -0.2) is 14.1 Å². The summed E-state index contributed by atoms with van der Waals surface area (Å²) in [5, 5.41) is 14.7. The largest absolute Gasteiger partial charge is 0.215 e. The first kappa shape index (κ1) is 14.1. The van der Waals surface area contributed by atoms with Crippen LogP contribution in [0.1, 0.15) is 28.8 Å². The molecule has 0 saturated carbocycles. The highest BCUT2D eigenvalue weighted by Crippen LogP contribution is 2.37. The third-order valence-electron chi connectivity index (χ3n) is 4.11. The van der Waals surface area contributed by atoms with Crippen LogP contribution >= 0.6 is 11.3 Å². The van der Waals surface area contributed by atoms with Crippen molar-refractivity contribution in [3.8, 4) is 22.5 Å². The predicted molar refractivity (Wildman–Crippen MR) is 86.0 cm³/mol. The van der Waals surface area contributed by atoms with E-state index in [9.17, 15) is 9.65 Å². The van der Waals surface area contributed by atoms with Gasteiger partial charge in [0.15, 0.2) is 5.82 Å². The van der Waals surface area contributed by atoms with E-state index in [0.29, 0.717) is 11.4 Å². The molecule has 2 heterocycles. The van der Waals surface area contributed by atoms with Gasteiger partial charge < -0.3 is 0 Å². The average Bonchev–Trinajstić information content (AvgIpc) is 3.19. The van der Waals surface area contributed by atoms with Crippen LogP contribution < -0.4 is 0 Å². The van der Waals surface area contributed by atoms with Gasteiger partial charge in [0.2, 0.25) is 0 Å². The summed E-state index contributed by atoms with van der Waals surface area (Å²) in [6.07, 6.45) is 5.74. The van der Waals surface area contributed by atoms with Crippen LogP contribution in [0.2, 0.25) is 0 Å². The topological polar surface area (TPSA) is 54.5 Å². The maximum absolute atomic E-state index is 13.1. The molecule has 0 saturated heterocycles. The summed E-state index contributed by atoms with van der Waals surface area (Å²) in [5.41, 5.74) is 2.65. The first-order valence-corrected chi connectivity index (χ1v) is 8.30. The van der Waals surface area contributed by atoms with Crippen LogP contribution in [0.3, 0.4) is 0 Å². The lowest BCUT2D eigenvalue weighted by atomic mass is 9.96. The lowest BCUT2D eigenvalue weighted by Crippen LogP contribution is -2.02. The van der Waals surface area contributed by atoms with Crippen molar-refractivity contribution in [2.45, 2.75) is 25.7 Å². The van der Waals surface area contributed by atoms with Gasteiger partial charge in [-0.05, 0) is 55.5 Å². The fourth-order valence-corrected chi connectivity index (χ4v) is 4.30. The molecule has 0 fully saturated rings. The number of aryl methyl sites for hydroxylation is 1. The van der Waals surface area contributed by atoms with Crippen LogP contribution in [0.25, 0.3) is 16.4 Å². The van der Waals surface area contributed by atoms with E-state index in [1.54, 1.807) is 28.2 Å². The van der Waals surface area contributed by atoms with E-state index in [0.717, 1.165) is 29.8 Å². The smallest absolute Gasteiger partial charge is 0.164 e. The minimum Gasteiger partial charge on any atom is -0.215 e. The Kier molecular flexibility index (Phi) is 3.43. The minimum absolute atomic E-state index is 0.288. The second-order valence-corrected chi connectivity index (χ2v) is 6.59.